The smallest absolute Gasteiger partial charge is 0.429 e. The molecule has 1 atom stereocenters. The van der Waals surface area contributed by atoms with E-state index in [0.29, 0.717) is 0 Å². The van der Waals surface area contributed by atoms with E-state index in [1.165, 1.54) is 0 Å². The van der Waals surface area contributed by atoms with Crippen molar-refractivity contribution in [2.45, 2.75) is 55.6 Å². The Morgan fingerprint density at radius 1 is 0.655 bits per heavy atom. The first-order chi connectivity index (χ1) is 12.2. The van der Waals surface area contributed by atoms with Gasteiger partial charge in [-0.3, -0.25) is 0 Å². The zero-order chi connectivity index (χ0) is 24.5. The van der Waals surface area contributed by atoms with E-state index in [0.717, 1.165) is 0 Å². The van der Waals surface area contributed by atoms with E-state index in [1.54, 1.807) is 0 Å². The Kier molecular flexibility index (Phi) is 9.18. The quantitative estimate of drug-likeness (QED) is 0.456. The highest BCUT2D eigenvalue weighted by molar-refractivity contribution is 6.74. The monoisotopic (exact) mass is 484 g/mol. The minimum Gasteiger partial charge on any atom is -0.429 e. The minimum atomic E-state index is -7.64. The fourth-order valence-corrected chi connectivity index (χ4v) is 2.14. The third kappa shape index (κ3) is 6.34. The number of hydrogen-bond acceptors (Lipinski definition) is 4. The molecule has 0 rings (SSSR count). The molecular weight excluding hydrogens is 470 g/mol. The topological polar surface area (TPSA) is 58.9 Å². The number of methoxy groups -OCH3 is 1. The van der Waals surface area contributed by atoms with Crippen LogP contribution in [0.25, 0.3) is 0 Å². The van der Waals surface area contributed by atoms with Crippen LogP contribution in [-0.4, -0.2) is 68.8 Å². The molecule has 1 unspecified atom stereocenters. The average Bonchev–Trinajstić information content (AvgIpc) is 2.39. The fourth-order valence-electron chi connectivity index (χ4n) is 1.51. The van der Waals surface area contributed by atoms with Crippen LogP contribution in [0.15, 0.2) is 0 Å². The van der Waals surface area contributed by atoms with Crippen LogP contribution in [0, 0.1) is 0 Å². The van der Waals surface area contributed by atoms with Gasteiger partial charge in [0.15, 0.2) is 8.32 Å². The molecular formula is C10H14BF13O4Si. The summed E-state index contributed by atoms with van der Waals surface area (Å²) >= 11 is 0. The molecule has 176 valence electrons. The molecule has 0 bridgehead atoms. The van der Waals surface area contributed by atoms with Gasteiger partial charge in [0.05, 0.1) is 0 Å². The third-order valence-electron chi connectivity index (χ3n) is 2.72. The Bertz CT molecular complexity index is 514. The highest BCUT2D eigenvalue weighted by Crippen LogP contribution is 2.61. The van der Waals surface area contributed by atoms with Gasteiger partial charge in [0.2, 0.25) is 0 Å². The Labute approximate surface area is 155 Å². The van der Waals surface area contributed by atoms with Gasteiger partial charge in [-0.25, -0.2) is 8.78 Å². The molecule has 0 aromatic carbocycles. The van der Waals surface area contributed by atoms with Gasteiger partial charge in [0.1, 0.15) is 0 Å². The lowest BCUT2D eigenvalue weighted by atomic mass is 9.88. The molecule has 0 radical (unpaired) electrons. The SMILES string of the molecule is COC(F)(C(F)(F)C(F)(F)F)C(F)(C(F)(F)F)C(F)(F)F.C[Si](C)(C)OB(O)O. The molecule has 0 aromatic rings. The van der Waals surface area contributed by atoms with Crippen molar-refractivity contribution >= 4 is 15.6 Å². The second-order valence-corrected chi connectivity index (χ2v) is 10.5. The molecule has 0 saturated carbocycles. The Morgan fingerprint density at radius 2 is 0.966 bits per heavy atom. The molecule has 0 aliphatic heterocycles. The number of ether oxygens (including phenoxy) is 1. The molecule has 0 amide bonds. The zero-order valence-corrected chi connectivity index (χ0v) is 15.7. The van der Waals surface area contributed by atoms with Crippen LogP contribution in [-0.2, 0) is 9.08 Å². The van der Waals surface area contributed by atoms with Gasteiger partial charge in [-0.15, -0.1) is 0 Å². The number of hydrogen-bond donors (Lipinski definition) is 2. The number of alkyl halides is 13. The molecule has 0 aliphatic carbocycles. The largest absolute Gasteiger partial charge is 0.622 e. The summed E-state index contributed by atoms with van der Waals surface area (Å²) in [7, 11) is -4.02. The van der Waals surface area contributed by atoms with Crippen molar-refractivity contribution < 1.29 is 76.2 Å². The van der Waals surface area contributed by atoms with Crippen LogP contribution < -0.4 is 0 Å². The van der Waals surface area contributed by atoms with Crippen LogP contribution in [0.4, 0.5) is 57.1 Å². The first-order valence-corrected chi connectivity index (χ1v) is 10.2. The predicted molar refractivity (Wildman–Crippen MR) is 72.4 cm³/mol. The first-order valence-electron chi connectivity index (χ1n) is 6.78. The lowest BCUT2D eigenvalue weighted by molar-refractivity contribution is -0.476. The van der Waals surface area contributed by atoms with E-state index in [2.05, 4.69) is 9.08 Å². The Balaban J connectivity index is 0. The summed E-state index contributed by atoms with van der Waals surface area (Å²) in [6.45, 7) is 5.64. The second-order valence-electron chi connectivity index (χ2n) is 6.08. The van der Waals surface area contributed by atoms with E-state index >= 15 is 0 Å². The van der Waals surface area contributed by atoms with Crippen LogP contribution in [0.5, 0.6) is 0 Å². The van der Waals surface area contributed by atoms with E-state index in [1.807, 2.05) is 19.6 Å². The first kappa shape index (κ1) is 30.4. The maximum Gasteiger partial charge on any atom is 0.622 e. The fraction of sp³-hybridized carbons (Fsp3) is 1.00. The number of rotatable bonds is 5. The van der Waals surface area contributed by atoms with Crippen molar-refractivity contribution in [2.75, 3.05) is 7.11 Å². The Morgan fingerprint density at radius 3 is 1.07 bits per heavy atom. The molecule has 0 heterocycles. The summed E-state index contributed by atoms with van der Waals surface area (Å²) in [5.74, 6) is -14.6. The molecule has 0 aliphatic rings. The predicted octanol–water partition coefficient (Wildman–Crippen LogP) is 4.14. The average molecular weight is 484 g/mol. The molecule has 2 N–H and O–H groups in total. The number of halogens is 13. The minimum absolute atomic E-state index is 0.703. The zero-order valence-electron chi connectivity index (χ0n) is 14.7. The lowest BCUT2D eigenvalue weighted by Crippen LogP contribution is -2.75. The maximum atomic E-state index is 13.3. The molecule has 29 heavy (non-hydrogen) atoms. The van der Waals surface area contributed by atoms with Crippen molar-refractivity contribution in [3.8, 4) is 0 Å². The van der Waals surface area contributed by atoms with E-state index in [9.17, 15) is 57.1 Å². The van der Waals surface area contributed by atoms with Gasteiger partial charge in [-0.2, -0.15) is 48.3 Å². The third-order valence-corrected chi connectivity index (χ3v) is 3.64. The van der Waals surface area contributed by atoms with Gasteiger partial charge in [-0.05, 0) is 19.6 Å². The van der Waals surface area contributed by atoms with E-state index in [4.69, 9.17) is 10.0 Å². The van der Waals surface area contributed by atoms with Crippen molar-refractivity contribution in [3.63, 3.8) is 0 Å². The lowest BCUT2D eigenvalue weighted by Gasteiger charge is -2.43. The van der Waals surface area contributed by atoms with Gasteiger partial charge in [0.25, 0.3) is 0 Å². The summed E-state index contributed by atoms with van der Waals surface area (Å²) in [6, 6.07) is 0. The summed E-state index contributed by atoms with van der Waals surface area (Å²) in [6.07, 6.45) is -22.3. The molecule has 0 saturated heterocycles. The van der Waals surface area contributed by atoms with Crippen LogP contribution in [0.3, 0.4) is 0 Å². The summed E-state index contributed by atoms with van der Waals surface area (Å²) in [4.78, 5) is 0. The van der Waals surface area contributed by atoms with Gasteiger partial charge >= 0.3 is 43.3 Å². The summed E-state index contributed by atoms with van der Waals surface area (Å²) in [5, 5.41) is 16.5. The standard InChI is InChI=1S/C7H3F13O.C3H11BO3Si/c1-21-4(11,3(9,10)7(18,19)20)2(8,5(12,13)14)6(15,16)17;1-8(2,3)7-4(5)6/h1H3;5-6H,1-3H3. The molecule has 0 fully saturated rings. The molecule has 0 spiro atoms. The van der Waals surface area contributed by atoms with Crippen molar-refractivity contribution in [1.82, 2.24) is 0 Å². The van der Waals surface area contributed by atoms with Crippen molar-refractivity contribution in [2.24, 2.45) is 0 Å². The van der Waals surface area contributed by atoms with Crippen LogP contribution in [0.2, 0.25) is 19.6 Å². The highest BCUT2D eigenvalue weighted by Gasteiger charge is 2.93. The van der Waals surface area contributed by atoms with Gasteiger partial charge < -0.3 is 19.1 Å². The molecule has 0 aromatic heterocycles. The summed E-state index contributed by atoms with van der Waals surface area (Å²) in [5.41, 5.74) is -7.64. The molecule has 19 heteroatoms. The van der Waals surface area contributed by atoms with Gasteiger partial charge in [0, 0.05) is 7.11 Å². The molecule has 4 nitrogen and oxygen atoms in total. The summed E-state index contributed by atoms with van der Waals surface area (Å²) < 4.78 is 167. The van der Waals surface area contributed by atoms with Crippen molar-refractivity contribution in [3.05, 3.63) is 0 Å². The maximum absolute atomic E-state index is 13.3. The van der Waals surface area contributed by atoms with E-state index < -0.39 is 58.7 Å². The van der Waals surface area contributed by atoms with Crippen LogP contribution in [0.1, 0.15) is 0 Å². The van der Waals surface area contributed by atoms with E-state index in [-0.39, 0.29) is 0 Å². The van der Waals surface area contributed by atoms with Crippen LogP contribution >= 0.6 is 0 Å². The second kappa shape index (κ2) is 8.75. The Hall–Kier alpha value is -0.788. The highest BCUT2D eigenvalue weighted by atomic mass is 28.4. The van der Waals surface area contributed by atoms with Crippen molar-refractivity contribution in [1.29, 1.82) is 0 Å². The normalized spacial score (nSPS) is 16.7. The van der Waals surface area contributed by atoms with Gasteiger partial charge in [-0.1, -0.05) is 0 Å².